The molecule has 4 nitrogen and oxygen atoms in total. The minimum atomic E-state index is -0.0811. The Morgan fingerprint density at radius 3 is 2.78 bits per heavy atom. The van der Waals surface area contributed by atoms with Crippen molar-refractivity contribution >= 4 is 40.9 Å². The maximum absolute atomic E-state index is 12.5. The molecule has 0 atom stereocenters. The smallest absolute Gasteiger partial charge is 0.276 e. The molecule has 0 saturated carbocycles. The van der Waals surface area contributed by atoms with Gasteiger partial charge in [0.05, 0.1) is 5.02 Å². The first-order valence-corrected chi connectivity index (χ1v) is 8.12. The number of ether oxygens (including phenoxy) is 1. The monoisotopic (exact) mass is 350 g/mol. The molecule has 122 valence electrons. The second-order valence-corrected chi connectivity index (χ2v) is 5.89. The van der Waals surface area contributed by atoms with Gasteiger partial charge in [0, 0.05) is 13.6 Å². The summed E-state index contributed by atoms with van der Waals surface area (Å²) in [6.07, 6.45) is 4.29. The first-order chi connectivity index (χ1) is 11.0. The Balaban J connectivity index is 2.27. The SMILES string of the molecule is C=CCOc1ccc(/C=C2\C(=O)N(CCC)C(=S)N2C)cc1Cl. The summed E-state index contributed by atoms with van der Waals surface area (Å²) in [5.41, 5.74) is 1.36. The highest BCUT2D eigenvalue weighted by Gasteiger charge is 2.34. The van der Waals surface area contributed by atoms with Gasteiger partial charge in [-0.25, -0.2) is 0 Å². The molecule has 0 spiro atoms. The molecular weight excluding hydrogens is 332 g/mol. The van der Waals surface area contributed by atoms with Crippen molar-refractivity contribution in [1.29, 1.82) is 0 Å². The van der Waals surface area contributed by atoms with Gasteiger partial charge in [-0.15, -0.1) is 0 Å². The molecule has 0 radical (unpaired) electrons. The lowest BCUT2D eigenvalue weighted by molar-refractivity contribution is -0.122. The molecule has 1 fully saturated rings. The molecule has 0 aromatic heterocycles. The third kappa shape index (κ3) is 3.74. The van der Waals surface area contributed by atoms with Gasteiger partial charge in [0.15, 0.2) is 5.11 Å². The number of carbonyl (C=O) groups excluding carboxylic acids is 1. The molecular formula is C17H19ClN2O2S. The lowest BCUT2D eigenvalue weighted by Crippen LogP contribution is -2.31. The maximum atomic E-state index is 12.5. The molecule has 6 heteroatoms. The summed E-state index contributed by atoms with van der Waals surface area (Å²) in [5, 5.41) is 1.02. The van der Waals surface area contributed by atoms with Crippen LogP contribution in [0.4, 0.5) is 0 Å². The lowest BCUT2D eigenvalue weighted by Gasteiger charge is -2.14. The molecule has 1 aromatic rings. The van der Waals surface area contributed by atoms with Gasteiger partial charge in [-0.1, -0.05) is 37.2 Å². The van der Waals surface area contributed by atoms with E-state index in [2.05, 4.69) is 6.58 Å². The molecule has 2 rings (SSSR count). The number of rotatable bonds is 6. The summed E-state index contributed by atoms with van der Waals surface area (Å²) in [6.45, 7) is 6.62. The number of hydrogen-bond donors (Lipinski definition) is 0. The summed E-state index contributed by atoms with van der Waals surface area (Å²) in [6, 6.07) is 5.39. The Hall–Kier alpha value is -1.85. The minimum absolute atomic E-state index is 0.0811. The van der Waals surface area contributed by atoms with Crippen LogP contribution in [0.25, 0.3) is 6.08 Å². The van der Waals surface area contributed by atoms with E-state index < -0.39 is 0 Å². The second-order valence-electron chi connectivity index (χ2n) is 5.12. The second kappa shape index (κ2) is 7.62. The third-order valence-electron chi connectivity index (χ3n) is 3.41. The van der Waals surface area contributed by atoms with Crippen molar-refractivity contribution in [2.75, 3.05) is 20.2 Å². The van der Waals surface area contributed by atoms with Crippen molar-refractivity contribution in [2.24, 2.45) is 0 Å². The number of hydrogen-bond acceptors (Lipinski definition) is 3. The van der Waals surface area contributed by atoms with E-state index in [-0.39, 0.29) is 5.91 Å². The Bertz CT molecular complexity index is 673. The average molecular weight is 351 g/mol. The van der Waals surface area contributed by atoms with Gasteiger partial charge in [0.25, 0.3) is 5.91 Å². The van der Waals surface area contributed by atoms with Crippen LogP contribution < -0.4 is 4.74 Å². The molecule has 1 aliphatic heterocycles. The molecule has 1 heterocycles. The lowest BCUT2D eigenvalue weighted by atomic mass is 10.1. The van der Waals surface area contributed by atoms with E-state index in [0.717, 1.165) is 12.0 Å². The average Bonchev–Trinajstić information content (AvgIpc) is 2.72. The summed E-state index contributed by atoms with van der Waals surface area (Å²) < 4.78 is 5.44. The molecule has 1 aromatic carbocycles. The van der Waals surface area contributed by atoms with Crippen LogP contribution in [0.1, 0.15) is 18.9 Å². The van der Waals surface area contributed by atoms with Crippen LogP contribution in [0.3, 0.4) is 0 Å². The third-order valence-corrected chi connectivity index (χ3v) is 4.20. The Morgan fingerprint density at radius 1 is 1.43 bits per heavy atom. The Kier molecular flexibility index (Phi) is 5.80. The maximum Gasteiger partial charge on any atom is 0.276 e. The molecule has 0 aliphatic carbocycles. The zero-order valence-electron chi connectivity index (χ0n) is 13.2. The zero-order chi connectivity index (χ0) is 17.0. The fourth-order valence-corrected chi connectivity index (χ4v) is 2.78. The molecule has 23 heavy (non-hydrogen) atoms. The predicted octanol–water partition coefficient (Wildman–Crippen LogP) is 3.71. The van der Waals surface area contributed by atoms with Crippen molar-refractivity contribution in [3.05, 3.63) is 47.1 Å². The van der Waals surface area contributed by atoms with Gasteiger partial charge in [0.1, 0.15) is 18.1 Å². The van der Waals surface area contributed by atoms with E-state index in [9.17, 15) is 4.79 Å². The summed E-state index contributed by atoms with van der Waals surface area (Å²) in [5.74, 6) is 0.505. The summed E-state index contributed by atoms with van der Waals surface area (Å²) in [7, 11) is 1.80. The topological polar surface area (TPSA) is 32.8 Å². The van der Waals surface area contributed by atoms with Crippen LogP contribution in [0, 0.1) is 0 Å². The quantitative estimate of drug-likeness (QED) is 0.445. The number of benzene rings is 1. The highest BCUT2D eigenvalue weighted by atomic mass is 35.5. The largest absolute Gasteiger partial charge is 0.488 e. The van der Waals surface area contributed by atoms with Crippen LogP contribution in [0.5, 0.6) is 5.75 Å². The first-order valence-electron chi connectivity index (χ1n) is 7.34. The summed E-state index contributed by atoms with van der Waals surface area (Å²) >= 11 is 11.5. The van der Waals surface area contributed by atoms with E-state index in [1.54, 1.807) is 41.1 Å². The van der Waals surface area contributed by atoms with Crippen LogP contribution in [-0.4, -0.2) is 41.0 Å². The van der Waals surface area contributed by atoms with Gasteiger partial charge in [-0.05, 0) is 42.4 Å². The van der Waals surface area contributed by atoms with E-state index >= 15 is 0 Å². The van der Waals surface area contributed by atoms with E-state index in [0.29, 0.717) is 34.7 Å². The fourth-order valence-electron chi connectivity index (χ4n) is 2.26. The first kappa shape index (κ1) is 17.5. The van der Waals surface area contributed by atoms with E-state index in [4.69, 9.17) is 28.6 Å². The normalized spacial score (nSPS) is 16.4. The van der Waals surface area contributed by atoms with Gasteiger partial charge >= 0.3 is 0 Å². The van der Waals surface area contributed by atoms with Crippen LogP contribution in [-0.2, 0) is 4.79 Å². The highest BCUT2D eigenvalue weighted by molar-refractivity contribution is 7.80. The number of thiocarbonyl (C=S) groups is 1. The van der Waals surface area contributed by atoms with Gasteiger partial charge < -0.3 is 9.64 Å². The van der Waals surface area contributed by atoms with Gasteiger partial charge in [-0.2, -0.15) is 0 Å². The Labute approximate surface area is 147 Å². The van der Waals surface area contributed by atoms with Crippen molar-refractivity contribution in [3.63, 3.8) is 0 Å². The van der Waals surface area contributed by atoms with Crippen LogP contribution in [0.2, 0.25) is 5.02 Å². The molecule has 1 saturated heterocycles. The molecule has 0 bridgehead atoms. The predicted molar refractivity (Wildman–Crippen MR) is 97.5 cm³/mol. The van der Waals surface area contributed by atoms with Crippen LogP contribution >= 0.6 is 23.8 Å². The van der Waals surface area contributed by atoms with Crippen molar-refractivity contribution < 1.29 is 9.53 Å². The summed E-state index contributed by atoms with van der Waals surface area (Å²) in [4.78, 5) is 15.8. The van der Waals surface area contributed by atoms with Gasteiger partial charge in [-0.3, -0.25) is 9.69 Å². The Morgan fingerprint density at radius 2 is 2.17 bits per heavy atom. The number of likely N-dealkylation sites (N-methyl/N-ethyl adjacent to an activating group) is 1. The molecule has 1 amide bonds. The fraction of sp³-hybridized carbons (Fsp3) is 0.294. The number of nitrogens with zero attached hydrogens (tertiary/aromatic N) is 2. The minimum Gasteiger partial charge on any atom is -0.488 e. The molecule has 0 N–H and O–H groups in total. The van der Waals surface area contributed by atoms with Crippen molar-refractivity contribution in [1.82, 2.24) is 9.80 Å². The molecule has 0 unspecified atom stereocenters. The van der Waals surface area contributed by atoms with Crippen LogP contribution in [0.15, 0.2) is 36.6 Å². The van der Waals surface area contributed by atoms with Crippen molar-refractivity contribution in [2.45, 2.75) is 13.3 Å². The van der Waals surface area contributed by atoms with Crippen molar-refractivity contribution in [3.8, 4) is 5.75 Å². The van der Waals surface area contributed by atoms with E-state index in [1.165, 1.54) is 0 Å². The molecule has 1 aliphatic rings. The van der Waals surface area contributed by atoms with Gasteiger partial charge in [0.2, 0.25) is 0 Å². The highest BCUT2D eigenvalue weighted by Crippen LogP contribution is 2.28. The number of halogens is 1. The zero-order valence-corrected chi connectivity index (χ0v) is 14.8. The number of carbonyl (C=O) groups is 1. The standard InChI is InChI=1S/C17H19ClN2O2S/c1-4-8-20-16(21)14(19(3)17(20)23)11-12-6-7-15(13(18)10-12)22-9-5-2/h5-7,10-11H,2,4,8-9H2,1,3H3/b14-11+. The van der Waals surface area contributed by atoms with E-state index in [1.807, 2.05) is 13.0 Å². The number of amides is 1.